The second-order valence-electron chi connectivity index (χ2n) is 4.05. The van der Waals surface area contributed by atoms with Gasteiger partial charge in [0.05, 0.1) is 0 Å². The highest BCUT2D eigenvalue weighted by Crippen LogP contribution is 2.86. The van der Waals surface area contributed by atoms with E-state index in [1.165, 1.54) is 0 Å². The molecule has 0 radical (unpaired) electrons. The molecule has 6 heavy (non-hydrogen) atoms. The van der Waals surface area contributed by atoms with Crippen molar-refractivity contribution in [1.29, 1.82) is 0 Å². The zero-order valence-corrected chi connectivity index (χ0v) is 3.91. The average molecular weight is 78.9 g/mol. The summed E-state index contributed by atoms with van der Waals surface area (Å²) in [6, 6.07) is 0. The minimum absolute atomic E-state index is 0.472. The van der Waals surface area contributed by atoms with Crippen LogP contribution >= 0.6 is 0 Å². The Labute approximate surface area is 37.8 Å². The Kier molecular flexibility index (Phi) is 0.129. The molecule has 0 unspecified atom stereocenters. The Morgan fingerprint density at radius 2 is 1.17 bits per heavy atom. The second kappa shape index (κ2) is 0.324. The van der Waals surface area contributed by atoms with Gasteiger partial charge in [-0.3, -0.25) is 0 Å². The molecular weight excluding hydrogens is 70.9 g/mol. The highest BCUT2D eigenvalue weighted by atomic mass is 14.6. The first-order valence-corrected chi connectivity index (χ1v) is 3.05. The molecule has 0 aromatic carbocycles. The molecule has 0 nitrogen and oxygen atoms in total. The van der Waals surface area contributed by atoms with Gasteiger partial charge in [0, 0.05) is 6.15 Å². The van der Waals surface area contributed by atoms with Crippen molar-refractivity contribution in [3.63, 3.8) is 0 Å². The van der Waals surface area contributed by atoms with Gasteiger partial charge in [0.15, 0.2) is 0 Å². The molecule has 1 heteroatoms. The van der Waals surface area contributed by atoms with E-state index in [9.17, 15) is 0 Å². The van der Waals surface area contributed by atoms with Crippen molar-refractivity contribution in [2.75, 3.05) is 0 Å². The molecule has 0 amide bonds. The van der Waals surface area contributed by atoms with Crippen LogP contribution in [0.2, 0.25) is 25.3 Å². The first-order valence-electron chi connectivity index (χ1n) is 3.05. The van der Waals surface area contributed by atoms with Crippen LogP contribution in [0.5, 0.6) is 0 Å². The predicted octanol–water partition coefficient (Wildman–Crippen LogP) is 1.46. The van der Waals surface area contributed by atoms with Crippen LogP contribution in [0, 0.1) is 5.41 Å². The zero-order valence-electron chi connectivity index (χ0n) is 3.91. The Bertz CT molecular complexity index is 80.9. The van der Waals surface area contributed by atoms with Gasteiger partial charge in [-0.25, -0.2) is 0 Å². The summed E-state index contributed by atoms with van der Waals surface area (Å²) in [7, 11) is 0. The quantitative estimate of drug-likeness (QED) is 0.385. The largest absolute Gasteiger partial charge is 0.181 e. The summed E-state index contributed by atoms with van der Waals surface area (Å²) in [6.45, 7) is 0. The van der Waals surface area contributed by atoms with Crippen LogP contribution in [-0.2, 0) is 0 Å². The fourth-order valence-electron chi connectivity index (χ4n) is 3.32. The molecular formula is C5H8B-. The predicted molar refractivity (Wildman–Crippen MR) is 27.4 cm³/mol. The molecule has 0 aromatic rings. The molecule has 0 atom stereocenters. The fourth-order valence-corrected chi connectivity index (χ4v) is 3.32. The van der Waals surface area contributed by atoms with Crippen molar-refractivity contribution in [3.8, 4) is 0 Å². The van der Waals surface area contributed by atoms with Crippen molar-refractivity contribution in [3.05, 3.63) is 0 Å². The van der Waals surface area contributed by atoms with E-state index in [0.29, 0.717) is 6.15 Å². The molecule has 0 N–H and O–H groups in total. The molecule has 6 rings (SSSR count). The summed E-state index contributed by atoms with van der Waals surface area (Å²) in [5, 5.41) is 0. The third-order valence-electron chi connectivity index (χ3n) is 3.46. The minimum atomic E-state index is 0.472. The maximum absolute atomic E-state index is 1.69. The van der Waals surface area contributed by atoms with Crippen LogP contribution < -0.4 is 0 Å². The van der Waals surface area contributed by atoms with Gasteiger partial charge in [-0.2, -0.15) is 30.7 Å². The van der Waals surface area contributed by atoms with Gasteiger partial charge in [0.2, 0.25) is 0 Å². The molecule has 2 bridgehead atoms. The van der Waals surface area contributed by atoms with E-state index in [1.54, 1.807) is 25.3 Å². The summed E-state index contributed by atoms with van der Waals surface area (Å²) < 4.78 is 0. The SMILES string of the molecule is C1[B-]23CC1(C2)C3. The fraction of sp³-hybridized carbons (Fsp3) is 1.00. The van der Waals surface area contributed by atoms with Crippen LogP contribution in [0.4, 0.5) is 0 Å². The van der Waals surface area contributed by atoms with E-state index in [0.717, 1.165) is 5.41 Å². The van der Waals surface area contributed by atoms with E-state index in [-0.39, 0.29) is 0 Å². The molecule has 6 saturated heterocycles. The molecule has 6 heterocycles. The van der Waals surface area contributed by atoms with E-state index in [4.69, 9.17) is 0 Å². The third-order valence-corrected chi connectivity index (χ3v) is 3.46. The molecule has 0 aliphatic carbocycles. The maximum Gasteiger partial charge on any atom is 0.00163 e. The van der Waals surface area contributed by atoms with Crippen molar-refractivity contribution in [2.45, 2.75) is 25.3 Å². The van der Waals surface area contributed by atoms with Crippen LogP contribution in [0.3, 0.4) is 0 Å². The molecule has 0 aromatic heterocycles. The Balaban J connectivity index is 2.31. The summed E-state index contributed by atoms with van der Waals surface area (Å²) in [6.07, 6.45) is 7.22. The lowest BCUT2D eigenvalue weighted by molar-refractivity contribution is 0.192. The van der Waals surface area contributed by atoms with Crippen LogP contribution in [0.15, 0.2) is 0 Å². The Hall–Kier alpha value is 0.0649. The number of rotatable bonds is 0. The number of hydrogen-bond donors (Lipinski definition) is 0. The Morgan fingerprint density at radius 1 is 1.00 bits per heavy atom. The van der Waals surface area contributed by atoms with E-state index >= 15 is 0 Å². The van der Waals surface area contributed by atoms with Crippen molar-refractivity contribution in [1.82, 2.24) is 0 Å². The summed E-state index contributed by atoms with van der Waals surface area (Å²) >= 11 is 0. The van der Waals surface area contributed by atoms with Gasteiger partial charge in [0.1, 0.15) is 0 Å². The van der Waals surface area contributed by atoms with E-state index in [2.05, 4.69) is 0 Å². The van der Waals surface area contributed by atoms with Gasteiger partial charge in [-0.15, -0.1) is 0 Å². The summed E-state index contributed by atoms with van der Waals surface area (Å²) in [4.78, 5) is 0. The second-order valence-corrected chi connectivity index (χ2v) is 4.05. The molecule has 32 valence electrons. The Morgan fingerprint density at radius 3 is 1.17 bits per heavy atom. The van der Waals surface area contributed by atoms with Crippen molar-refractivity contribution in [2.24, 2.45) is 5.41 Å². The standard InChI is InChI=1S/C5H8B/c1-5-2-6(1,3-5)4-5/h1-4H2/q-1. The zero-order chi connectivity index (χ0) is 3.83. The van der Waals surface area contributed by atoms with Gasteiger partial charge in [-0.05, 0) is 0 Å². The summed E-state index contributed by atoms with van der Waals surface area (Å²) in [5.74, 6) is 0. The lowest BCUT2D eigenvalue weighted by atomic mass is 8.79. The highest BCUT2D eigenvalue weighted by Gasteiger charge is 2.70. The maximum atomic E-state index is 1.69. The highest BCUT2D eigenvalue weighted by molar-refractivity contribution is 6.94. The van der Waals surface area contributed by atoms with Gasteiger partial charge in [0.25, 0.3) is 0 Å². The molecule has 0 spiro atoms. The van der Waals surface area contributed by atoms with Crippen LogP contribution in [-0.4, -0.2) is 6.15 Å². The smallest absolute Gasteiger partial charge is 0.00163 e. The van der Waals surface area contributed by atoms with Gasteiger partial charge >= 0.3 is 0 Å². The van der Waals surface area contributed by atoms with Crippen molar-refractivity contribution < 1.29 is 0 Å². The van der Waals surface area contributed by atoms with Gasteiger partial charge in [-0.1, -0.05) is 0 Å². The minimum Gasteiger partial charge on any atom is -0.181 e. The van der Waals surface area contributed by atoms with Crippen LogP contribution in [0.1, 0.15) is 0 Å². The first kappa shape index (κ1) is 2.39. The monoisotopic (exact) mass is 79.1 g/mol. The van der Waals surface area contributed by atoms with E-state index < -0.39 is 0 Å². The third kappa shape index (κ3) is 0.0659. The van der Waals surface area contributed by atoms with Crippen LogP contribution in [0.25, 0.3) is 0 Å². The first-order chi connectivity index (χ1) is 2.83. The normalized spacial score (nSPS) is 80.0. The van der Waals surface area contributed by atoms with Crippen molar-refractivity contribution >= 4 is 6.15 Å². The molecule has 6 aliphatic heterocycles. The topological polar surface area (TPSA) is 0 Å². The van der Waals surface area contributed by atoms with Gasteiger partial charge < -0.3 is 0 Å². The molecule has 6 aliphatic rings. The molecule has 0 saturated carbocycles. The van der Waals surface area contributed by atoms with E-state index in [1.807, 2.05) is 0 Å². The lowest BCUT2D eigenvalue weighted by Crippen LogP contribution is -2.83. The average Bonchev–Trinajstić information content (AvgIpc) is 0.503. The number of hydrogen-bond acceptors (Lipinski definition) is 0. The molecule has 6 fully saturated rings. The lowest BCUT2D eigenvalue weighted by Gasteiger charge is -2.96. The summed E-state index contributed by atoms with van der Waals surface area (Å²) in [5.41, 5.74) is 1.03.